The third-order valence-electron chi connectivity index (χ3n) is 2.77. The van der Waals surface area contributed by atoms with Crippen molar-refractivity contribution in [2.45, 2.75) is 18.6 Å². The van der Waals surface area contributed by atoms with Gasteiger partial charge in [0.25, 0.3) is 5.69 Å². The van der Waals surface area contributed by atoms with Crippen LogP contribution in [0.2, 0.25) is 0 Å². The largest absolute Gasteiger partial charge is 0.392 e. The highest BCUT2D eigenvalue weighted by Crippen LogP contribution is 2.16. The number of aliphatic hydroxyl groups excluding tert-OH is 1. The summed E-state index contributed by atoms with van der Waals surface area (Å²) in [7, 11) is 0. The molecule has 1 aliphatic rings. The van der Waals surface area contributed by atoms with Gasteiger partial charge in [-0.2, -0.15) is 0 Å². The Labute approximate surface area is 103 Å². The fourth-order valence-corrected chi connectivity index (χ4v) is 1.81. The molecule has 2 atom stereocenters. The lowest BCUT2D eigenvalue weighted by Crippen LogP contribution is -2.35. The highest BCUT2D eigenvalue weighted by molar-refractivity contribution is 5.95. The number of nitrogens with one attached hydrogen (secondary N) is 2. The second-order valence-corrected chi connectivity index (χ2v) is 4.14. The Morgan fingerprint density at radius 3 is 2.61 bits per heavy atom. The van der Waals surface area contributed by atoms with E-state index in [4.69, 9.17) is 0 Å². The number of carbonyl (C=O) groups excluding carboxylic acids is 1. The van der Waals surface area contributed by atoms with Gasteiger partial charge in [-0.25, -0.2) is 0 Å². The van der Waals surface area contributed by atoms with Crippen molar-refractivity contribution < 1.29 is 14.8 Å². The van der Waals surface area contributed by atoms with Crippen LogP contribution in [0.25, 0.3) is 0 Å². The molecule has 3 N–H and O–H groups in total. The molecule has 0 aromatic heterocycles. The molecule has 7 heteroatoms. The molecule has 0 saturated carbocycles. The molecular formula is C11H13N3O4. The van der Waals surface area contributed by atoms with Crippen molar-refractivity contribution in [2.24, 2.45) is 0 Å². The van der Waals surface area contributed by atoms with Crippen molar-refractivity contribution in [1.82, 2.24) is 5.32 Å². The minimum absolute atomic E-state index is 0.0255. The van der Waals surface area contributed by atoms with Gasteiger partial charge >= 0.3 is 0 Å². The van der Waals surface area contributed by atoms with Gasteiger partial charge in [0.15, 0.2) is 0 Å². The number of hydrogen-bond donors (Lipinski definition) is 3. The second-order valence-electron chi connectivity index (χ2n) is 4.14. The summed E-state index contributed by atoms with van der Waals surface area (Å²) in [6, 6.07) is 5.18. The molecule has 1 saturated heterocycles. The Bertz CT molecular complexity index is 460. The van der Waals surface area contributed by atoms with E-state index in [0.717, 1.165) is 0 Å². The number of aliphatic hydroxyl groups is 1. The maximum absolute atomic E-state index is 11.8. The number of non-ortho nitro benzene ring substituents is 1. The Balaban J connectivity index is 1.97. The summed E-state index contributed by atoms with van der Waals surface area (Å²) in [5.74, 6) is -0.250. The van der Waals surface area contributed by atoms with Crippen LogP contribution in [-0.2, 0) is 4.79 Å². The maximum Gasteiger partial charge on any atom is 0.269 e. The monoisotopic (exact) mass is 251 g/mol. The number of β-amino-alcohol motifs (C(OH)–C–C–N with tert-alkyl or cyclic N) is 1. The summed E-state index contributed by atoms with van der Waals surface area (Å²) in [6.07, 6.45) is -0.128. The predicted octanol–water partition coefficient (Wildman–Crippen LogP) is 0.256. The number of nitrogens with zero attached hydrogens (tertiary/aromatic N) is 1. The molecule has 0 aliphatic carbocycles. The zero-order chi connectivity index (χ0) is 13.1. The number of anilines is 1. The van der Waals surface area contributed by atoms with Gasteiger partial charge in [-0.15, -0.1) is 0 Å². The van der Waals surface area contributed by atoms with Crippen LogP contribution in [0.15, 0.2) is 24.3 Å². The van der Waals surface area contributed by atoms with Crippen molar-refractivity contribution in [1.29, 1.82) is 0 Å². The minimum Gasteiger partial charge on any atom is -0.392 e. The molecular weight excluding hydrogens is 238 g/mol. The van der Waals surface area contributed by atoms with Crippen LogP contribution in [0.4, 0.5) is 11.4 Å². The first kappa shape index (κ1) is 12.5. The Kier molecular flexibility index (Phi) is 3.54. The van der Waals surface area contributed by atoms with Gasteiger partial charge in [-0.05, 0) is 18.6 Å². The number of carbonyl (C=O) groups is 1. The highest BCUT2D eigenvalue weighted by Gasteiger charge is 2.27. The van der Waals surface area contributed by atoms with Crippen LogP contribution in [-0.4, -0.2) is 34.6 Å². The van der Waals surface area contributed by atoms with Gasteiger partial charge in [-0.3, -0.25) is 14.9 Å². The average molecular weight is 251 g/mol. The lowest BCUT2D eigenvalue weighted by Gasteiger charge is -2.10. The van der Waals surface area contributed by atoms with Crippen molar-refractivity contribution in [3.8, 4) is 0 Å². The Morgan fingerprint density at radius 1 is 1.44 bits per heavy atom. The van der Waals surface area contributed by atoms with E-state index in [2.05, 4.69) is 10.6 Å². The molecule has 96 valence electrons. The van der Waals surface area contributed by atoms with E-state index in [0.29, 0.717) is 18.7 Å². The van der Waals surface area contributed by atoms with E-state index >= 15 is 0 Å². The van der Waals surface area contributed by atoms with Crippen molar-refractivity contribution >= 4 is 17.3 Å². The summed E-state index contributed by atoms with van der Waals surface area (Å²) in [5, 5.41) is 25.3. The zero-order valence-electron chi connectivity index (χ0n) is 9.50. The van der Waals surface area contributed by atoms with E-state index < -0.39 is 17.1 Å². The first-order valence-electron chi connectivity index (χ1n) is 5.53. The van der Waals surface area contributed by atoms with E-state index in [9.17, 15) is 20.0 Å². The topological polar surface area (TPSA) is 104 Å². The SMILES string of the molecule is O=C(Nc1ccc([N+](=O)[O-])cc1)[C@@H]1CC(O)CN1. The number of amides is 1. The molecule has 2 rings (SSSR count). The number of benzene rings is 1. The molecule has 1 fully saturated rings. The first-order chi connectivity index (χ1) is 8.56. The van der Waals surface area contributed by atoms with Crippen LogP contribution in [0.1, 0.15) is 6.42 Å². The van der Waals surface area contributed by atoms with Gasteiger partial charge in [0.05, 0.1) is 17.1 Å². The molecule has 0 spiro atoms. The van der Waals surface area contributed by atoms with Crippen LogP contribution >= 0.6 is 0 Å². The normalized spacial score (nSPS) is 22.7. The second kappa shape index (κ2) is 5.11. The van der Waals surface area contributed by atoms with Gasteiger partial charge in [0, 0.05) is 24.4 Å². The molecule has 1 amide bonds. The molecule has 1 aromatic rings. The molecule has 1 aromatic carbocycles. The maximum atomic E-state index is 11.8. The number of nitro benzene ring substituents is 1. The van der Waals surface area contributed by atoms with Crippen molar-refractivity contribution in [3.63, 3.8) is 0 Å². The van der Waals surface area contributed by atoms with Gasteiger partial charge in [0.2, 0.25) is 5.91 Å². The van der Waals surface area contributed by atoms with Gasteiger partial charge < -0.3 is 15.7 Å². The summed E-state index contributed by atoms with van der Waals surface area (Å²) < 4.78 is 0. The third-order valence-corrected chi connectivity index (χ3v) is 2.77. The summed E-state index contributed by atoms with van der Waals surface area (Å²) in [5.41, 5.74) is 0.469. The minimum atomic E-state index is -0.502. The van der Waals surface area contributed by atoms with Gasteiger partial charge in [0.1, 0.15) is 0 Å². The lowest BCUT2D eigenvalue weighted by atomic mass is 10.2. The molecule has 1 heterocycles. The summed E-state index contributed by atoms with van der Waals surface area (Å²) >= 11 is 0. The van der Waals surface area contributed by atoms with Gasteiger partial charge in [-0.1, -0.05) is 0 Å². The van der Waals surface area contributed by atoms with Crippen LogP contribution < -0.4 is 10.6 Å². The number of hydrogen-bond acceptors (Lipinski definition) is 5. The lowest BCUT2D eigenvalue weighted by molar-refractivity contribution is -0.384. The molecule has 18 heavy (non-hydrogen) atoms. The molecule has 0 bridgehead atoms. The standard InChI is InChI=1S/C11H13N3O4/c15-9-5-10(12-6-9)11(16)13-7-1-3-8(4-2-7)14(17)18/h1-4,9-10,12,15H,5-6H2,(H,13,16)/t9?,10-/m0/s1. The number of nitro groups is 1. The summed E-state index contributed by atoms with van der Waals surface area (Å²) in [6.45, 7) is 0.401. The van der Waals surface area contributed by atoms with E-state index in [1.807, 2.05) is 0 Å². The Morgan fingerprint density at radius 2 is 2.11 bits per heavy atom. The fraction of sp³-hybridized carbons (Fsp3) is 0.364. The molecule has 1 aliphatic heterocycles. The smallest absolute Gasteiger partial charge is 0.269 e. The third kappa shape index (κ3) is 2.82. The average Bonchev–Trinajstić information content (AvgIpc) is 2.76. The van der Waals surface area contributed by atoms with Crippen molar-refractivity contribution in [2.75, 3.05) is 11.9 Å². The fourth-order valence-electron chi connectivity index (χ4n) is 1.81. The van der Waals surface area contributed by atoms with E-state index in [1.54, 1.807) is 0 Å². The molecule has 0 radical (unpaired) electrons. The van der Waals surface area contributed by atoms with E-state index in [-0.39, 0.29) is 11.6 Å². The molecule has 7 nitrogen and oxygen atoms in total. The van der Waals surface area contributed by atoms with Crippen molar-refractivity contribution in [3.05, 3.63) is 34.4 Å². The molecule has 1 unspecified atom stereocenters. The highest BCUT2D eigenvalue weighted by atomic mass is 16.6. The quantitative estimate of drug-likeness (QED) is 0.528. The van der Waals surface area contributed by atoms with Crippen LogP contribution in [0, 0.1) is 10.1 Å². The number of rotatable bonds is 3. The van der Waals surface area contributed by atoms with Crippen LogP contribution in [0.5, 0.6) is 0 Å². The van der Waals surface area contributed by atoms with E-state index in [1.165, 1.54) is 24.3 Å². The zero-order valence-corrected chi connectivity index (χ0v) is 9.50. The summed E-state index contributed by atoms with van der Waals surface area (Å²) in [4.78, 5) is 21.7. The first-order valence-corrected chi connectivity index (χ1v) is 5.53. The van der Waals surface area contributed by atoms with Crippen LogP contribution in [0.3, 0.4) is 0 Å². The predicted molar refractivity (Wildman–Crippen MR) is 64.1 cm³/mol. The Hall–Kier alpha value is -1.99.